The van der Waals surface area contributed by atoms with Crippen molar-refractivity contribution in [1.82, 2.24) is 0 Å². The van der Waals surface area contributed by atoms with Crippen LogP contribution >= 0.6 is 23.2 Å². The Morgan fingerprint density at radius 2 is 1.67 bits per heavy atom. The third-order valence-corrected chi connectivity index (χ3v) is 2.57. The molecule has 0 aliphatic carbocycles. The second-order valence-electron chi connectivity index (χ2n) is 3.23. The molecule has 0 saturated heterocycles. The summed E-state index contributed by atoms with van der Waals surface area (Å²) in [5, 5.41) is 9.18. The minimum Gasteiger partial charge on any atom is -0.508 e. The van der Waals surface area contributed by atoms with Gasteiger partial charge >= 0.3 is 0 Å². The molecular weight excluding hydrogens is 233 g/mol. The van der Waals surface area contributed by atoms with E-state index in [2.05, 4.69) is 4.90 Å². The van der Waals surface area contributed by atoms with Gasteiger partial charge in [0.2, 0.25) is 0 Å². The molecule has 0 spiro atoms. The SMILES string of the molecule is Oc1ccc(N(CCCl)CCCCl)cc1. The smallest absolute Gasteiger partial charge is 0.115 e. The fourth-order valence-corrected chi connectivity index (χ4v) is 1.71. The number of nitrogens with zero attached hydrogens (tertiary/aromatic N) is 1. The maximum absolute atomic E-state index is 9.18. The standard InChI is InChI=1S/C11H15Cl2NO/c12-6-1-8-14(9-7-13)10-2-4-11(15)5-3-10/h2-5,15H,1,6-9H2. The number of anilines is 1. The largest absolute Gasteiger partial charge is 0.508 e. The minimum absolute atomic E-state index is 0.280. The van der Waals surface area contributed by atoms with Crippen molar-refractivity contribution < 1.29 is 5.11 Å². The topological polar surface area (TPSA) is 23.5 Å². The van der Waals surface area contributed by atoms with Crippen molar-refractivity contribution in [3.63, 3.8) is 0 Å². The summed E-state index contributed by atoms with van der Waals surface area (Å²) in [6.45, 7) is 1.68. The van der Waals surface area contributed by atoms with Gasteiger partial charge in [0.25, 0.3) is 0 Å². The zero-order chi connectivity index (χ0) is 11.1. The van der Waals surface area contributed by atoms with Gasteiger partial charge in [0.15, 0.2) is 0 Å². The van der Waals surface area contributed by atoms with E-state index >= 15 is 0 Å². The van der Waals surface area contributed by atoms with Gasteiger partial charge in [-0.3, -0.25) is 0 Å². The monoisotopic (exact) mass is 247 g/mol. The molecule has 0 aliphatic rings. The molecule has 0 bridgehead atoms. The highest BCUT2D eigenvalue weighted by molar-refractivity contribution is 6.18. The lowest BCUT2D eigenvalue weighted by Gasteiger charge is -2.23. The predicted molar refractivity (Wildman–Crippen MR) is 66.4 cm³/mol. The summed E-state index contributed by atoms with van der Waals surface area (Å²) < 4.78 is 0. The Balaban J connectivity index is 2.65. The van der Waals surface area contributed by atoms with E-state index < -0.39 is 0 Å². The van der Waals surface area contributed by atoms with Crippen LogP contribution in [0.2, 0.25) is 0 Å². The highest BCUT2D eigenvalue weighted by atomic mass is 35.5. The fourth-order valence-electron chi connectivity index (χ4n) is 1.39. The highest BCUT2D eigenvalue weighted by Gasteiger charge is 2.04. The minimum atomic E-state index is 0.280. The molecule has 0 saturated carbocycles. The van der Waals surface area contributed by atoms with Crippen LogP contribution in [0.15, 0.2) is 24.3 Å². The summed E-state index contributed by atoms with van der Waals surface area (Å²) in [6, 6.07) is 7.13. The van der Waals surface area contributed by atoms with Crippen LogP contribution in [-0.2, 0) is 0 Å². The lowest BCUT2D eigenvalue weighted by atomic mass is 10.2. The van der Waals surface area contributed by atoms with Crippen molar-refractivity contribution in [3.8, 4) is 5.75 Å². The first-order chi connectivity index (χ1) is 7.27. The molecule has 0 amide bonds. The summed E-state index contributed by atoms with van der Waals surface area (Å²) in [4.78, 5) is 2.16. The van der Waals surface area contributed by atoms with Crippen LogP contribution in [0, 0.1) is 0 Å². The quantitative estimate of drug-likeness (QED) is 0.782. The van der Waals surface area contributed by atoms with E-state index in [1.807, 2.05) is 12.1 Å². The predicted octanol–water partition coefficient (Wildman–Crippen LogP) is 3.07. The lowest BCUT2D eigenvalue weighted by molar-refractivity contribution is 0.475. The molecule has 84 valence electrons. The average molecular weight is 248 g/mol. The van der Waals surface area contributed by atoms with Crippen LogP contribution in [0.1, 0.15) is 6.42 Å². The number of rotatable bonds is 6. The lowest BCUT2D eigenvalue weighted by Crippen LogP contribution is -2.26. The molecule has 0 radical (unpaired) electrons. The zero-order valence-electron chi connectivity index (χ0n) is 8.50. The molecule has 1 rings (SSSR count). The van der Waals surface area contributed by atoms with Crippen LogP contribution in [0.4, 0.5) is 5.69 Å². The summed E-state index contributed by atoms with van der Waals surface area (Å²) >= 11 is 11.4. The van der Waals surface area contributed by atoms with Gasteiger partial charge in [-0.15, -0.1) is 23.2 Å². The van der Waals surface area contributed by atoms with Gasteiger partial charge < -0.3 is 10.0 Å². The molecule has 4 heteroatoms. The van der Waals surface area contributed by atoms with Crippen LogP contribution in [0.25, 0.3) is 0 Å². The number of phenols is 1. The van der Waals surface area contributed by atoms with Gasteiger partial charge in [-0.2, -0.15) is 0 Å². The van der Waals surface area contributed by atoms with Gasteiger partial charge in [0, 0.05) is 30.5 Å². The molecule has 0 heterocycles. The molecule has 0 aliphatic heterocycles. The number of halogens is 2. The number of benzene rings is 1. The maximum atomic E-state index is 9.18. The number of alkyl halides is 2. The van der Waals surface area contributed by atoms with E-state index in [0.29, 0.717) is 11.8 Å². The molecule has 1 aromatic rings. The van der Waals surface area contributed by atoms with Crippen molar-refractivity contribution in [3.05, 3.63) is 24.3 Å². The fraction of sp³-hybridized carbons (Fsp3) is 0.455. The molecule has 0 fully saturated rings. The van der Waals surface area contributed by atoms with E-state index in [9.17, 15) is 5.11 Å². The second-order valence-corrected chi connectivity index (χ2v) is 3.99. The van der Waals surface area contributed by atoms with Crippen molar-refractivity contribution in [1.29, 1.82) is 0 Å². The van der Waals surface area contributed by atoms with Crippen molar-refractivity contribution in [2.75, 3.05) is 29.7 Å². The summed E-state index contributed by atoms with van der Waals surface area (Å²) in [7, 11) is 0. The van der Waals surface area contributed by atoms with E-state index in [-0.39, 0.29) is 5.75 Å². The van der Waals surface area contributed by atoms with Crippen LogP contribution < -0.4 is 4.90 Å². The Bertz CT molecular complexity index is 276. The number of aromatic hydroxyl groups is 1. The number of phenolic OH excluding ortho intramolecular Hbond substituents is 1. The third kappa shape index (κ3) is 4.18. The van der Waals surface area contributed by atoms with Gasteiger partial charge in [0.1, 0.15) is 5.75 Å². The van der Waals surface area contributed by atoms with Crippen molar-refractivity contribution >= 4 is 28.9 Å². The van der Waals surface area contributed by atoms with Crippen molar-refractivity contribution in [2.24, 2.45) is 0 Å². The zero-order valence-corrected chi connectivity index (χ0v) is 10.0. The Kier molecular flexibility index (Phi) is 5.66. The average Bonchev–Trinajstić information content (AvgIpc) is 2.25. The van der Waals surface area contributed by atoms with Gasteiger partial charge in [0.05, 0.1) is 0 Å². The van der Waals surface area contributed by atoms with Crippen molar-refractivity contribution in [2.45, 2.75) is 6.42 Å². The summed E-state index contributed by atoms with van der Waals surface area (Å²) in [6.07, 6.45) is 0.930. The first kappa shape index (κ1) is 12.5. The number of hydrogen-bond donors (Lipinski definition) is 1. The second kappa shape index (κ2) is 6.81. The third-order valence-electron chi connectivity index (χ3n) is 2.13. The van der Waals surface area contributed by atoms with E-state index in [4.69, 9.17) is 23.2 Å². The van der Waals surface area contributed by atoms with Crippen LogP contribution in [0.3, 0.4) is 0 Å². The highest BCUT2D eigenvalue weighted by Crippen LogP contribution is 2.18. The first-order valence-electron chi connectivity index (χ1n) is 4.94. The summed E-state index contributed by atoms with van der Waals surface area (Å²) in [5.74, 6) is 1.52. The normalized spacial score (nSPS) is 10.3. The van der Waals surface area contributed by atoms with Gasteiger partial charge in [-0.05, 0) is 30.7 Å². The van der Waals surface area contributed by atoms with Gasteiger partial charge in [-0.1, -0.05) is 0 Å². The first-order valence-corrected chi connectivity index (χ1v) is 6.00. The molecule has 15 heavy (non-hydrogen) atoms. The Hall–Kier alpha value is -0.600. The molecule has 2 nitrogen and oxygen atoms in total. The van der Waals surface area contributed by atoms with Gasteiger partial charge in [-0.25, -0.2) is 0 Å². The molecule has 0 atom stereocenters. The van der Waals surface area contributed by atoms with Crippen LogP contribution in [-0.4, -0.2) is 30.0 Å². The number of hydrogen-bond acceptors (Lipinski definition) is 2. The molecule has 0 unspecified atom stereocenters. The van der Waals surface area contributed by atoms with Crippen LogP contribution in [0.5, 0.6) is 5.75 Å². The molecule has 1 aromatic carbocycles. The molecular formula is C11H15Cl2NO. The van der Waals surface area contributed by atoms with E-state index in [0.717, 1.165) is 25.2 Å². The molecule has 0 aromatic heterocycles. The summed E-state index contributed by atoms with van der Waals surface area (Å²) in [5.41, 5.74) is 1.07. The maximum Gasteiger partial charge on any atom is 0.115 e. The Labute approximate surface area is 100 Å². The van der Waals surface area contributed by atoms with E-state index in [1.165, 1.54) is 0 Å². The van der Waals surface area contributed by atoms with E-state index in [1.54, 1.807) is 12.1 Å². The Morgan fingerprint density at radius 1 is 1.00 bits per heavy atom. The molecule has 1 N–H and O–H groups in total. The Morgan fingerprint density at radius 3 is 2.20 bits per heavy atom.